The number of hydrogen-bond donors (Lipinski definition) is 1. The van der Waals surface area contributed by atoms with Gasteiger partial charge in [0.1, 0.15) is 0 Å². The Bertz CT molecular complexity index is 217. The quantitative estimate of drug-likeness (QED) is 0.187. The second kappa shape index (κ2) is 17.2. The van der Waals surface area contributed by atoms with Crippen molar-refractivity contribution in [2.45, 2.75) is 141 Å². The van der Waals surface area contributed by atoms with E-state index in [2.05, 4.69) is 33.4 Å². The molecule has 0 radical (unpaired) electrons. The number of rotatable bonds is 18. The van der Waals surface area contributed by atoms with Crippen LogP contribution in [0.1, 0.15) is 136 Å². The molecule has 23 heavy (non-hydrogen) atoms. The molecule has 0 saturated heterocycles. The molecule has 0 aliphatic carbocycles. The minimum absolute atomic E-state index is 0.232. The van der Waals surface area contributed by atoms with Crippen LogP contribution < -0.4 is 0 Å². The Morgan fingerprint density at radius 3 is 1.00 bits per heavy atom. The highest BCUT2D eigenvalue weighted by molar-refractivity contribution is 7.81. The van der Waals surface area contributed by atoms with Gasteiger partial charge in [-0.3, -0.25) is 0 Å². The minimum Gasteiger partial charge on any atom is -0.173 e. The fourth-order valence-corrected chi connectivity index (χ4v) is 3.44. The van der Waals surface area contributed by atoms with Gasteiger partial charge in [-0.25, -0.2) is 0 Å². The Labute approximate surface area is 154 Å². The van der Waals surface area contributed by atoms with Crippen molar-refractivity contribution in [3.63, 3.8) is 0 Å². The monoisotopic (exact) mass is 342 g/mol. The molecule has 0 spiro atoms. The van der Waals surface area contributed by atoms with Gasteiger partial charge in [0.2, 0.25) is 0 Å². The van der Waals surface area contributed by atoms with Gasteiger partial charge in [-0.05, 0) is 6.42 Å². The molecule has 1 heteroatoms. The van der Waals surface area contributed by atoms with Crippen LogP contribution in [0.25, 0.3) is 0 Å². The van der Waals surface area contributed by atoms with E-state index in [-0.39, 0.29) is 4.75 Å². The van der Waals surface area contributed by atoms with E-state index in [1.807, 2.05) is 0 Å². The van der Waals surface area contributed by atoms with Crippen LogP contribution in [0.2, 0.25) is 0 Å². The zero-order valence-corrected chi connectivity index (χ0v) is 17.6. The molecule has 0 bridgehead atoms. The van der Waals surface area contributed by atoms with Crippen LogP contribution in [0.3, 0.4) is 0 Å². The van der Waals surface area contributed by atoms with Crippen molar-refractivity contribution in [2.24, 2.45) is 0 Å². The maximum atomic E-state index is 4.59. The lowest BCUT2D eigenvalue weighted by atomic mass is 10.0. The molecular weight excluding hydrogens is 296 g/mol. The molecule has 0 fully saturated rings. The standard InChI is InChI=1S/C22H46S/c1-4-5-6-7-8-9-10-11-12-13-14-15-16-17-18-19-20-21-22(2,3)23/h23H,4-21H2,1-3H3. The summed E-state index contributed by atoms with van der Waals surface area (Å²) in [4.78, 5) is 0. The van der Waals surface area contributed by atoms with Crippen LogP contribution in [0.5, 0.6) is 0 Å². The molecule has 0 amide bonds. The Morgan fingerprint density at radius 1 is 0.478 bits per heavy atom. The fourth-order valence-electron chi connectivity index (χ4n) is 3.28. The molecule has 0 aliphatic rings. The zero-order chi connectivity index (χ0) is 17.2. The predicted octanol–water partition coefficient (Wildman–Crippen LogP) is 8.74. The molecule has 0 aliphatic heterocycles. The normalized spacial score (nSPS) is 12.0. The molecule has 0 aromatic carbocycles. The van der Waals surface area contributed by atoms with Crippen LogP contribution >= 0.6 is 12.6 Å². The van der Waals surface area contributed by atoms with E-state index in [1.54, 1.807) is 0 Å². The smallest absolute Gasteiger partial charge is 0.00731 e. The molecular formula is C22H46S. The summed E-state index contributed by atoms with van der Waals surface area (Å²) in [5, 5.41) is 0. The summed E-state index contributed by atoms with van der Waals surface area (Å²) in [7, 11) is 0. The highest BCUT2D eigenvalue weighted by Crippen LogP contribution is 2.21. The molecule has 0 N–H and O–H groups in total. The van der Waals surface area contributed by atoms with Crippen molar-refractivity contribution in [3.8, 4) is 0 Å². The van der Waals surface area contributed by atoms with Crippen LogP contribution in [-0.2, 0) is 0 Å². The first-order valence-electron chi connectivity index (χ1n) is 10.8. The first-order valence-corrected chi connectivity index (χ1v) is 11.2. The van der Waals surface area contributed by atoms with E-state index in [0.717, 1.165) is 0 Å². The average molecular weight is 343 g/mol. The third-order valence-corrected chi connectivity index (χ3v) is 5.12. The molecule has 0 saturated carbocycles. The number of unbranched alkanes of at least 4 members (excludes halogenated alkanes) is 16. The van der Waals surface area contributed by atoms with Gasteiger partial charge >= 0.3 is 0 Å². The SMILES string of the molecule is CCCCCCCCCCCCCCCCCCCC(C)(C)S. The van der Waals surface area contributed by atoms with E-state index in [4.69, 9.17) is 0 Å². The van der Waals surface area contributed by atoms with Crippen LogP contribution in [0.4, 0.5) is 0 Å². The second-order valence-electron chi connectivity index (χ2n) is 8.22. The Hall–Kier alpha value is 0.350. The first kappa shape index (κ1) is 23.4. The lowest BCUT2D eigenvalue weighted by molar-refractivity contribution is 0.516. The molecule has 0 nitrogen and oxygen atoms in total. The fraction of sp³-hybridized carbons (Fsp3) is 1.00. The molecule has 0 aromatic heterocycles. The lowest BCUT2D eigenvalue weighted by Crippen LogP contribution is -2.09. The third-order valence-electron chi connectivity index (χ3n) is 4.89. The van der Waals surface area contributed by atoms with E-state index < -0.39 is 0 Å². The van der Waals surface area contributed by atoms with E-state index in [0.29, 0.717) is 0 Å². The van der Waals surface area contributed by atoms with Gasteiger partial charge < -0.3 is 0 Å². The van der Waals surface area contributed by atoms with Crippen molar-refractivity contribution >= 4 is 12.6 Å². The summed E-state index contributed by atoms with van der Waals surface area (Å²) in [6.45, 7) is 6.75. The molecule has 0 atom stereocenters. The molecule has 140 valence electrons. The van der Waals surface area contributed by atoms with Crippen molar-refractivity contribution in [3.05, 3.63) is 0 Å². The van der Waals surface area contributed by atoms with Crippen LogP contribution in [-0.4, -0.2) is 4.75 Å². The van der Waals surface area contributed by atoms with E-state index in [9.17, 15) is 0 Å². The highest BCUT2D eigenvalue weighted by Gasteiger charge is 2.09. The van der Waals surface area contributed by atoms with Gasteiger partial charge in [-0.1, -0.05) is 130 Å². The zero-order valence-electron chi connectivity index (χ0n) is 16.7. The summed E-state index contributed by atoms with van der Waals surface area (Å²) in [5.41, 5.74) is 0. The minimum atomic E-state index is 0.232. The maximum absolute atomic E-state index is 4.59. The first-order chi connectivity index (χ1) is 11.1. The Morgan fingerprint density at radius 2 is 0.739 bits per heavy atom. The van der Waals surface area contributed by atoms with Gasteiger partial charge in [-0.2, -0.15) is 12.6 Å². The topological polar surface area (TPSA) is 0 Å². The lowest BCUT2D eigenvalue weighted by Gasteiger charge is -2.16. The van der Waals surface area contributed by atoms with Crippen molar-refractivity contribution in [2.75, 3.05) is 0 Å². The summed E-state index contributed by atoms with van der Waals surface area (Å²) in [6.07, 6.45) is 25.9. The molecule has 0 unspecified atom stereocenters. The maximum Gasteiger partial charge on any atom is 0.00731 e. The molecule has 0 heterocycles. The molecule has 0 aromatic rings. The van der Waals surface area contributed by atoms with E-state index in [1.165, 1.54) is 116 Å². The van der Waals surface area contributed by atoms with Crippen molar-refractivity contribution < 1.29 is 0 Å². The summed E-state index contributed by atoms with van der Waals surface area (Å²) in [6, 6.07) is 0. The highest BCUT2D eigenvalue weighted by atomic mass is 32.1. The summed E-state index contributed by atoms with van der Waals surface area (Å²) < 4.78 is 0.232. The second-order valence-corrected chi connectivity index (χ2v) is 9.43. The largest absolute Gasteiger partial charge is 0.173 e. The van der Waals surface area contributed by atoms with Gasteiger partial charge in [0.15, 0.2) is 0 Å². The van der Waals surface area contributed by atoms with Gasteiger partial charge in [-0.15, -0.1) is 0 Å². The number of hydrogen-bond acceptors (Lipinski definition) is 1. The van der Waals surface area contributed by atoms with Crippen molar-refractivity contribution in [1.29, 1.82) is 0 Å². The predicted molar refractivity (Wildman–Crippen MR) is 112 cm³/mol. The van der Waals surface area contributed by atoms with E-state index >= 15 is 0 Å². The summed E-state index contributed by atoms with van der Waals surface area (Å²) >= 11 is 4.59. The Balaban J connectivity index is 3.00. The molecule has 0 rings (SSSR count). The van der Waals surface area contributed by atoms with Crippen LogP contribution in [0.15, 0.2) is 0 Å². The van der Waals surface area contributed by atoms with Gasteiger partial charge in [0.25, 0.3) is 0 Å². The van der Waals surface area contributed by atoms with Crippen LogP contribution in [0, 0.1) is 0 Å². The van der Waals surface area contributed by atoms with Gasteiger partial charge in [0.05, 0.1) is 0 Å². The third kappa shape index (κ3) is 22.4. The summed E-state index contributed by atoms with van der Waals surface area (Å²) in [5.74, 6) is 0. The van der Waals surface area contributed by atoms with Crippen molar-refractivity contribution in [1.82, 2.24) is 0 Å². The van der Waals surface area contributed by atoms with Gasteiger partial charge in [0, 0.05) is 4.75 Å². The number of thiol groups is 1. The Kier molecular flexibility index (Phi) is 17.4. The average Bonchev–Trinajstić information content (AvgIpc) is 2.49.